The summed E-state index contributed by atoms with van der Waals surface area (Å²) in [6.45, 7) is 1.20. The average molecular weight is 386 g/mol. The van der Waals surface area contributed by atoms with Crippen molar-refractivity contribution >= 4 is 27.5 Å². The van der Waals surface area contributed by atoms with Crippen molar-refractivity contribution in [1.82, 2.24) is 4.57 Å². The zero-order valence-electron chi connectivity index (χ0n) is 15.6. The van der Waals surface area contributed by atoms with Crippen LogP contribution in [0.25, 0.3) is 10.2 Å². The molecule has 0 N–H and O–H groups in total. The zero-order valence-corrected chi connectivity index (χ0v) is 16.4. The highest BCUT2D eigenvalue weighted by atomic mass is 32.1. The van der Waals surface area contributed by atoms with Crippen LogP contribution in [0.15, 0.2) is 47.5 Å². The number of hydrogen-bond donors (Lipinski definition) is 0. The highest BCUT2D eigenvalue weighted by Gasteiger charge is 2.10. The topological polar surface area (TPSA) is 62.1 Å². The SMILES string of the molecule is COCCn1c(=NC(=O)Cc2ccc(OC)c(OC)c2)sc2ccccc21. The molecule has 27 heavy (non-hydrogen) atoms. The highest BCUT2D eigenvalue weighted by Crippen LogP contribution is 2.27. The number of carbonyl (C=O) groups excluding carboxylic acids is 1. The van der Waals surface area contributed by atoms with Crippen molar-refractivity contribution in [3.05, 3.63) is 52.8 Å². The number of fused-ring (bicyclic) bond motifs is 1. The number of aromatic nitrogens is 1. The molecule has 0 unspecified atom stereocenters. The van der Waals surface area contributed by atoms with E-state index >= 15 is 0 Å². The Morgan fingerprint density at radius 1 is 1.07 bits per heavy atom. The van der Waals surface area contributed by atoms with Gasteiger partial charge in [-0.05, 0) is 29.8 Å². The fourth-order valence-electron chi connectivity index (χ4n) is 2.82. The molecule has 1 aromatic heterocycles. The number of carbonyl (C=O) groups is 1. The van der Waals surface area contributed by atoms with Crippen molar-refractivity contribution < 1.29 is 19.0 Å². The summed E-state index contributed by atoms with van der Waals surface area (Å²) >= 11 is 1.50. The molecule has 1 amide bonds. The molecule has 0 aliphatic heterocycles. The van der Waals surface area contributed by atoms with Gasteiger partial charge in [0.05, 0.1) is 37.5 Å². The maximum absolute atomic E-state index is 12.6. The molecule has 3 rings (SSSR count). The summed E-state index contributed by atoms with van der Waals surface area (Å²) in [6, 6.07) is 13.5. The maximum atomic E-state index is 12.6. The molecule has 7 heteroatoms. The van der Waals surface area contributed by atoms with Crippen LogP contribution in [-0.2, 0) is 22.5 Å². The van der Waals surface area contributed by atoms with Gasteiger partial charge in [-0.15, -0.1) is 0 Å². The summed E-state index contributed by atoms with van der Waals surface area (Å²) in [4.78, 5) is 17.6. The van der Waals surface area contributed by atoms with Gasteiger partial charge in [-0.2, -0.15) is 4.99 Å². The van der Waals surface area contributed by atoms with Gasteiger partial charge in [0, 0.05) is 13.7 Å². The minimum Gasteiger partial charge on any atom is -0.493 e. The normalized spacial score (nSPS) is 11.7. The van der Waals surface area contributed by atoms with Gasteiger partial charge in [-0.1, -0.05) is 29.5 Å². The number of hydrogen-bond acceptors (Lipinski definition) is 5. The molecule has 0 atom stereocenters. The number of benzene rings is 2. The Hall–Kier alpha value is -2.64. The first-order valence-corrected chi connectivity index (χ1v) is 9.33. The van der Waals surface area contributed by atoms with E-state index in [-0.39, 0.29) is 12.3 Å². The minimum absolute atomic E-state index is 0.193. The lowest BCUT2D eigenvalue weighted by molar-refractivity contribution is -0.117. The Bertz CT molecular complexity index is 1010. The summed E-state index contributed by atoms with van der Waals surface area (Å²) in [7, 11) is 4.82. The molecular formula is C20H22N2O4S. The molecule has 1 heterocycles. The van der Waals surface area contributed by atoms with Gasteiger partial charge in [0.25, 0.3) is 5.91 Å². The van der Waals surface area contributed by atoms with Gasteiger partial charge in [0.2, 0.25) is 0 Å². The number of ether oxygens (including phenoxy) is 3. The van der Waals surface area contributed by atoms with Crippen molar-refractivity contribution in [2.75, 3.05) is 27.9 Å². The predicted octanol–water partition coefficient (Wildman–Crippen LogP) is 3.04. The quantitative estimate of drug-likeness (QED) is 0.626. The molecule has 6 nitrogen and oxygen atoms in total. The van der Waals surface area contributed by atoms with Gasteiger partial charge in [0.15, 0.2) is 16.3 Å². The molecule has 0 spiro atoms. The molecule has 0 bridgehead atoms. The van der Waals surface area contributed by atoms with Crippen molar-refractivity contribution in [2.45, 2.75) is 13.0 Å². The fourth-order valence-corrected chi connectivity index (χ4v) is 3.89. The van der Waals surface area contributed by atoms with Crippen LogP contribution in [0.1, 0.15) is 5.56 Å². The smallest absolute Gasteiger partial charge is 0.252 e. The Kier molecular flexibility index (Phi) is 6.26. The summed E-state index contributed by atoms with van der Waals surface area (Å²) in [5, 5.41) is 0. The first-order valence-electron chi connectivity index (χ1n) is 8.52. The van der Waals surface area contributed by atoms with E-state index in [0.29, 0.717) is 29.5 Å². The van der Waals surface area contributed by atoms with Crippen LogP contribution in [0.2, 0.25) is 0 Å². The van der Waals surface area contributed by atoms with E-state index in [4.69, 9.17) is 14.2 Å². The van der Waals surface area contributed by atoms with Gasteiger partial charge >= 0.3 is 0 Å². The third kappa shape index (κ3) is 4.37. The largest absolute Gasteiger partial charge is 0.493 e. The standard InChI is InChI=1S/C20H22N2O4S/c1-24-11-10-22-15-6-4-5-7-18(15)27-20(22)21-19(23)13-14-8-9-16(25-2)17(12-14)26-3/h4-9,12H,10-11,13H2,1-3H3. The van der Waals surface area contributed by atoms with Crippen LogP contribution in [0, 0.1) is 0 Å². The van der Waals surface area contributed by atoms with Gasteiger partial charge in [-0.25, -0.2) is 0 Å². The van der Waals surface area contributed by atoms with E-state index in [1.165, 1.54) is 11.3 Å². The Balaban J connectivity index is 1.91. The summed E-state index contributed by atoms with van der Waals surface area (Å²) < 4.78 is 18.8. The second kappa shape index (κ2) is 8.83. The van der Waals surface area contributed by atoms with E-state index in [9.17, 15) is 4.79 Å². The predicted molar refractivity (Wildman–Crippen MR) is 106 cm³/mol. The fraction of sp³-hybridized carbons (Fsp3) is 0.300. The second-order valence-electron chi connectivity index (χ2n) is 5.87. The third-order valence-electron chi connectivity index (χ3n) is 4.13. The molecule has 0 fully saturated rings. The number of para-hydroxylation sites is 1. The number of methoxy groups -OCH3 is 3. The molecule has 0 aliphatic rings. The number of rotatable bonds is 7. The van der Waals surface area contributed by atoms with Gasteiger partial charge in [-0.3, -0.25) is 4.79 Å². The number of amides is 1. The molecule has 0 saturated carbocycles. The summed E-state index contributed by atoms with van der Waals surface area (Å²) in [5.74, 6) is 1.02. The van der Waals surface area contributed by atoms with Crippen LogP contribution in [0.5, 0.6) is 11.5 Å². The number of thiazole rings is 1. The highest BCUT2D eigenvalue weighted by molar-refractivity contribution is 7.16. The molecule has 3 aromatic rings. The van der Waals surface area contributed by atoms with Crippen molar-refractivity contribution in [1.29, 1.82) is 0 Å². The Labute approximate surface area is 161 Å². The zero-order chi connectivity index (χ0) is 19.2. The monoisotopic (exact) mass is 386 g/mol. The summed E-state index contributed by atoms with van der Waals surface area (Å²) in [6.07, 6.45) is 0.193. The third-order valence-corrected chi connectivity index (χ3v) is 5.19. The maximum Gasteiger partial charge on any atom is 0.252 e. The molecule has 142 valence electrons. The van der Waals surface area contributed by atoms with Crippen LogP contribution in [0.4, 0.5) is 0 Å². The molecule has 2 aromatic carbocycles. The van der Waals surface area contributed by atoms with Crippen molar-refractivity contribution in [3.63, 3.8) is 0 Å². The van der Waals surface area contributed by atoms with Gasteiger partial charge < -0.3 is 18.8 Å². The number of nitrogens with zero attached hydrogens (tertiary/aromatic N) is 2. The van der Waals surface area contributed by atoms with Crippen molar-refractivity contribution in [2.24, 2.45) is 4.99 Å². The van der Waals surface area contributed by atoms with E-state index in [0.717, 1.165) is 15.8 Å². The van der Waals surface area contributed by atoms with E-state index in [1.807, 2.05) is 34.9 Å². The van der Waals surface area contributed by atoms with Crippen LogP contribution in [-0.4, -0.2) is 38.4 Å². The van der Waals surface area contributed by atoms with E-state index in [2.05, 4.69) is 4.99 Å². The Morgan fingerprint density at radius 2 is 1.85 bits per heavy atom. The Morgan fingerprint density at radius 3 is 2.59 bits per heavy atom. The van der Waals surface area contributed by atoms with Gasteiger partial charge in [0.1, 0.15) is 0 Å². The first-order chi connectivity index (χ1) is 13.2. The molecule has 0 radical (unpaired) electrons. The molecular weight excluding hydrogens is 364 g/mol. The summed E-state index contributed by atoms with van der Waals surface area (Å²) in [5.41, 5.74) is 1.88. The lowest BCUT2D eigenvalue weighted by Crippen LogP contribution is -2.19. The van der Waals surface area contributed by atoms with E-state index < -0.39 is 0 Å². The van der Waals surface area contributed by atoms with Crippen LogP contribution in [0.3, 0.4) is 0 Å². The van der Waals surface area contributed by atoms with Crippen molar-refractivity contribution in [3.8, 4) is 11.5 Å². The van der Waals surface area contributed by atoms with Crippen LogP contribution >= 0.6 is 11.3 Å². The lowest BCUT2D eigenvalue weighted by atomic mass is 10.1. The minimum atomic E-state index is -0.208. The molecule has 0 aliphatic carbocycles. The first kappa shape index (κ1) is 19.1. The molecule has 0 saturated heterocycles. The van der Waals surface area contributed by atoms with Crippen LogP contribution < -0.4 is 14.3 Å². The van der Waals surface area contributed by atoms with E-state index in [1.54, 1.807) is 33.5 Å². The second-order valence-corrected chi connectivity index (χ2v) is 6.88. The lowest BCUT2D eigenvalue weighted by Gasteiger charge is -2.08. The average Bonchev–Trinajstić information content (AvgIpc) is 3.02.